The van der Waals surface area contributed by atoms with Gasteiger partial charge in [0.1, 0.15) is 16.8 Å². The highest BCUT2D eigenvalue weighted by molar-refractivity contribution is 6.29. The van der Waals surface area contributed by atoms with E-state index in [4.69, 9.17) is 23.1 Å². The highest BCUT2D eigenvalue weighted by Crippen LogP contribution is 2.15. The second-order valence-electron chi connectivity index (χ2n) is 5.78. The Bertz CT molecular complexity index is 776. The first kappa shape index (κ1) is 17.9. The van der Waals surface area contributed by atoms with Crippen molar-refractivity contribution < 1.29 is 0 Å². The number of nitrogens with zero attached hydrogens (tertiary/aromatic N) is 3. The van der Waals surface area contributed by atoms with E-state index in [1.54, 1.807) is 19.1 Å². The molecule has 24 heavy (non-hydrogen) atoms. The lowest BCUT2D eigenvalue weighted by Crippen LogP contribution is -2.12. The fourth-order valence-electron chi connectivity index (χ4n) is 2.35. The minimum Gasteiger partial charge on any atom is -0.402 e. The van der Waals surface area contributed by atoms with Crippen LogP contribution in [0, 0.1) is 20.8 Å². The van der Waals surface area contributed by atoms with Crippen LogP contribution in [-0.2, 0) is 6.42 Å². The van der Waals surface area contributed by atoms with Gasteiger partial charge in [0.15, 0.2) is 5.82 Å². The Labute approximate surface area is 147 Å². The van der Waals surface area contributed by atoms with Gasteiger partial charge in [-0.05, 0) is 50.8 Å². The zero-order chi connectivity index (χ0) is 17.7. The fraction of sp³-hybridized carbons (Fsp3) is 0.278. The van der Waals surface area contributed by atoms with Gasteiger partial charge in [0.05, 0.1) is 0 Å². The molecule has 1 aromatic heterocycles. The monoisotopic (exact) mass is 343 g/mol. The second kappa shape index (κ2) is 7.93. The van der Waals surface area contributed by atoms with Gasteiger partial charge in [-0.1, -0.05) is 35.4 Å². The minimum atomic E-state index is 0.294. The SMILES string of the molecule is Cc1ccc(C)c(CCC(N)=CC(N)=Nc2cc(Cl)nc(C)n2)c1. The van der Waals surface area contributed by atoms with E-state index in [2.05, 4.69) is 47.0 Å². The van der Waals surface area contributed by atoms with Crippen molar-refractivity contribution in [2.45, 2.75) is 33.6 Å². The largest absolute Gasteiger partial charge is 0.402 e. The van der Waals surface area contributed by atoms with Gasteiger partial charge in [-0.2, -0.15) is 0 Å². The van der Waals surface area contributed by atoms with Crippen molar-refractivity contribution in [2.24, 2.45) is 16.5 Å². The van der Waals surface area contributed by atoms with Crippen LogP contribution in [0.3, 0.4) is 0 Å². The Balaban J connectivity index is 2.06. The Morgan fingerprint density at radius 1 is 1.17 bits per heavy atom. The molecule has 0 saturated heterocycles. The number of hydrogen-bond acceptors (Lipinski definition) is 4. The van der Waals surface area contributed by atoms with Gasteiger partial charge < -0.3 is 11.5 Å². The normalized spacial score (nSPS) is 12.5. The number of aromatic nitrogens is 2. The molecule has 0 aliphatic rings. The number of rotatable bonds is 5. The number of hydrogen-bond donors (Lipinski definition) is 2. The van der Waals surface area contributed by atoms with Crippen LogP contribution in [0.15, 0.2) is 41.0 Å². The molecule has 1 heterocycles. The standard InChI is InChI=1S/C18H22ClN5/c1-11-4-5-12(2)14(8-11)6-7-15(20)9-17(21)24-18-10-16(19)22-13(3)23-18/h4-5,8-10H,6-7,20H2,1-3H3,(H2,21,22,23,24). The molecule has 2 aromatic rings. The molecule has 0 unspecified atom stereocenters. The van der Waals surface area contributed by atoms with Crippen molar-refractivity contribution in [3.63, 3.8) is 0 Å². The average Bonchev–Trinajstić information content (AvgIpc) is 2.47. The van der Waals surface area contributed by atoms with Crippen LogP contribution in [0.25, 0.3) is 0 Å². The lowest BCUT2D eigenvalue weighted by atomic mass is 10.0. The number of nitrogens with two attached hydrogens (primary N) is 2. The third-order valence-electron chi connectivity index (χ3n) is 3.56. The Kier molecular flexibility index (Phi) is 5.93. The third-order valence-corrected chi connectivity index (χ3v) is 3.75. The number of amidine groups is 1. The number of benzene rings is 1. The Morgan fingerprint density at radius 2 is 1.92 bits per heavy atom. The van der Waals surface area contributed by atoms with E-state index in [9.17, 15) is 0 Å². The van der Waals surface area contributed by atoms with Crippen molar-refractivity contribution in [3.8, 4) is 0 Å². The third kappa shape index (κ3) is 5.35. The summed E-state index contributed by atoms with van der Waals surface area (Å²) >= 11 is 5.88. The maximum absolute atomic E-state index is 6.07. The topological polar surface area (TPSA) is 90.2 Å². The van der Waals surface area contributed by atoms with Crippen molar-refractivity contribution in [1.29, 1.82) is 0 Å². The number of allylic oxidation sites excluding steroid dienone is 1. The van der Waals surface area contributed by atoms with E-state index in [-0.39, 0.29) is 0 Å². The van der Waals surface area contributed by atoms with Crippen LogP contribution >= 0.6 is 11.6 Å². The summed E-state index contributed by atoms with van der Waals surface area (Å²) in [7, 11) is 0. The molecule has 0 aliphatic heterocycles. The summed E-state index contributed by atoms with van der Waals surface area (Å²) in [6.45, 7) is 5.93. The summed E-state index contributed by atoms with van der Waals surface area (Å²) in [5.41, 5.74) is 16.5. The number of aryl methyl sites for hydroxylation is 4. The van der Waals surface area contributed by atoms with Gasteiger partial charge in [0, 0.05) is 11.8 Å². The molecule has 6 heteroatoms. The van der Waals surface area contributed by atoms with Crippen LogP contribution in [0.5, 0.6) is 0 Å². The predicted octanol–water partition coefficient (Wildman–Crippen LogP) is 3.52. The molecule has 0 fully saturated rings. The molecule has 5 nitrogen and oxygen atoms in total. The molecule has 4 N–H and O–H groups in total. The highest BCUT2D eigenvalue weighted by atomic mass is 35.5. The molecular formula is C18H22ClN5. The summed E-state index contributed by atoms with van der Waals surface area (Å²) in [5.74, 6) is 1.26. The van der Waals surface area contributed by atoms with E-state index in [0.29, 0.717) is 34.7 Å². The lowest BCUT2D eigenvalue weighted by molar-refractivity contribution is 0.917. The summed E-state index contributed by atoms with van der Waals surface area (Å²) in [6, 6.07) is 7.98. The van der Waals surface area contributed by atoms with Crippen molar-refractivity contribution >= 4 is 23.3 Å². The first-order valence-electron chi connectivity index (χ1n) is 7.71. The van der Waals surface area contributed by atoms with Crippen LogP contribution in [0.2, 0.25) is 5.15 Å². The van der Waals surface area contributed by atoms with E-state index >= 15 is 0 Å². The zero-order valence-electron chi connectivity index (χ0n) is 14.2. The van der Waals surface area contributed by atoms with E-state index in [1.807, 2.05) is 0 Å². The van der Waals surface area contributed by atoms with Gasteiger partial charge in [0.25, 0.3) is 0 Å². The zero-order valence-corrected chi connectivity index (χ0v) is 14.9. The molecule has 1 aromatic carbocycles. The van der Waals surface area contributed by atoms with Crippen molar-refractivity contribution in [3.05, 3.63) is 63.7 Å². The Hall–Kier alpha value is -2.40. The fourth-order valence-corrected chi connectivity index (χ4v) is 2.57. The number of halogens is 1. The predicted molar refractivity (Wildman–Crippen MR) is 99.6 cm³/mol. The van der Waals surface area contributed by atoms with E-state index in [0.717, 1.165) is 6.42 Å². The van der Waals surface area contributed by atoms with Crippen LogP contribution in [-0.4, -0.2) is 15.8 Å². The van der Waals surface area contributed by atoms with Gasteiger partial charge in [-0.15, -0.1) is 0 Å². The second-order valence-corrected chi connectivity index (χ2v) is 6.17. The first-order chi connectivity index (χ1) is 11.3. The van der Waals surface area contributed by atoms with Crippen LogP contribution in [0.4, 0.5) is 5.82 Å². The summed E-state index contributed by atoms with van der Waals surface area (Å²) < 4.78 is 0. The molecule has 0 saturated carbocycles. The lowest BCUT2D eigenvalue weighted by Gasteiger charge is -2.07. The molecule has 0 atom stereocenters. The smallest absolute Gasteiger partial charge is 0.159 e. The highest BCUT2D eigenvalue weighted by Gasteiger charge is 2.02. The average molecular weight is 344 g/mol. The van der Waals surface area contributed by atoms with E-state index < -0.39 is 0 Å². The molecule has 0 amide bonds. The van der Waals surface area contributed by atoms with E-state index in [1.165, 1.54) is 16.7 Å². The van der Waals surface area contributed by atoms with Gasteiger partial charge in [-0.25, -0.2) is 15.0 Å². The first-order valence-corrected chi connectivity index (χ1v) is 8.09. The molecule has 126 valence electrons. The summed E-state index contributed by atoms with van der Waals surface area (Å²) in [5, 5.41) is 0.334. The van der Waals surface area contributed by atoms with Crippen LogP contribution in [0.1, 0.15) is 28.9 Å². The minimum absolute atomic E-state index is 0.294. The van der Waals surface area contributed by atoms with Gasteiger partial charge in [-0.3, -0.25) is 0 Å². The number of aliphatic imine (C=N–C) groups is 1. The molecule has 0 spiro atoms. The summed E-state index contributed by atoms with van der Waals surface area (Å²) in [6.07, 6.45) is 3.24. The molecular weight excluding hydrogens is 322 g/mol. The quantitative estimate of drug-likeness (QED) is 0.493. The maximum atomic E-state index is 6.07. The molecule has 2 rings (SSSR count). The molecule has 0 radical (unpaired) electrons. The molecule has 0 bridgehead atoms. The Morgan fingerprint density at radius 3 is 2.62 bits per heavy atom. The summed E-state index contributed by atoms with van der Waals surface area (Å²) in [4.78, 5) is 12.4. The van der Waals surface area contributed by atoms with Crippen molar-refractivity contribution in [2.75, 3.05) is 0 Å². The van der Waals surface area contributed by atoms with Gasteiger partial charge in [0.2, 0.25) is 0 Å². The van der Waals surface area contributed by atoms with Gasteiger partial charge >= 0.3 is 0 Å². The maximum Gasteiger partial charge on any atom is 0.159 e. The van der Waals surface area contributed by atoms with Crippen LogP contribution < -0.4 is 11.5 Å². The van der Waals surface area contributed by atoms with Crippen molar-refractivity contribution in [1.82, 2.24) is 9.97 Å². The molecule has 0 aliphatic carbocycles.